The molecule has 0 spiro atoms. The SMILES string of the molecule is CNC(=O)c1ccc(CNC(=O)c2cc(C(C)=O)c[nH]2)cc1. The molecule has 0 saturated carbocycles. The molecule has 0 aliphatic carbocycles. The minimum Gasteiger partial charge on any atom is -0.356 e. The largest absolute Gasteiger partial charge is 0.356 e. The number of hydrogen-bond acceptors (Lipinski definition) is 3. The van der Waals surface area contributed by atoms with Gasteiger partial charge in [0.15, 0.2) is 5.78 Å². The number of Topliss-reactive ketones (excluding diaryl/α,β-unsaturated/α-hetero) is 1. The van der Waals surface area contributed by atoms with Gasteiger partial charge in [0.25, 0.3) is 11.8 Å². The van der Waals surface area contributed by atoms with E-state index in [2.05, 4.69) is 15.6 Å². The fourth-order valence-electron chi connectivity index (χ4n) is 1.92. The van der Waals surface area contributed by atoms with Gasteiger partial charge >= 0.3 is 0 Å². The van der Waals surface area contributed by atoms with Crippen molar-refractivity contribution in [1.82, 2.24) is 15.6 Å². The van der Waals surface area contributed by atoms with Gasteiger partial charge in [-0.15, -0.1) is 0 Å². The van der Waals surface area contributed by atoms with Crippen molar-refractivity contribution < 1.29 is 14.4 Å². The van der Waals surface area contributed by atoms with Crippen LogP contribution in [0.25, 0.3) is 0 Å². The standard InChI is InChI=1S/C16H17N3O3/c1-10(20)13-7-14(18-9-13)16(22)19-8-11-3-5-12(6-4-11)15(21)17-2/h3-7,9,18H,8H2,1-2H3,(H,17,21)(H,19,22). The van der Waals surface area contributed by atoms with Crippen molar-refractivity contribution >= 4 is 17.6 Å². The summed E-state index contributed by atoms with van der Waals surface area (Å²) in [5.41, 5.74) is 2.25. The Balaban J connectivity index is 1.95. The number of carbonyl (C=O) groups is 3. The van der Waals surface area contributed by atoms with E-state index in [1.54, 1.807) is 31.3 Å². The quantitative estimate of drug-likeness (QED) is 0.731. The highest BCUT2D eigenvalue weighted by Gasteiger charge is 2.10. The highest BCUT2D eigenvalue weighted by atomic mass is 16.2. The molecule has 2 amide bonds. The molecule has 1 aromatic heterocycles. The lowest BCUT2D eigenvalue weighted by Gasteiger charge is -2.05. The Hall–Kier alpha value is -2.89. The van der Waals surface area contributed by atoms with Gasteiger partial charge in [0.1, 0.15) is 5.69 Å². The minimum atomic E-state index is -0.289. The molecule has 114 valence electrons. The normalized spacial score (nSPS) is 10.1. The van der Waals surface area contributed by atoms with Gasteiger partial charge in [0, 0.05) is 30.9 Å². The zero-order chi connectivity index (χ0) is 16.1. The van der Waals surface area contributed by atoms with Gasteiger partial charge in [-0.2, -0.15) is 0 Å². The third kappa shape index (κ3) is 3.60. The minimum absolute atomic E-state index is 0.0971. The summed E-state index contributed by atoms with van der Waals surface area (Å²) < 4.78 is 0. The molecular formula is C16H17N3O3. The maximum atomic E-state index is 12.0. The van der Waals surface area contributed by atoms with Crippen LogP contribution in [0.3, 0.4) is 0 Å². The van der Waals surface area contributed by atoms with Gasteiger partial charge in [-0.05, 0) is 30.7 Å². The van der Waals surface area contributed by atoms with Crippen molar-refractivity contribution in [2.24, 2.45) is 0 Å². The molecule has 0 bridgehead atoms. The first kappa shape index (κ1) is 15.5. The third-order valence-electron chi connectivity index (χ3n) is 3.23. The number of aromatic nitrogens is 1. The zero-order valence-corrected chi connectivity index (χ0v) is 12.4. The summed E-state index contributed by atoms with van der Waals surface area (Å²) in [6, 6.07) is 8.47. The number of nitrogens with one attached hydrogen (secondary N) is 3. The van der Waals surface area contributed by atoms with Gasteiger partial charge in [-0.25, -0.2) is 0 Å². The molecule has 0 unspecified atom stereocenters. The number of ketones is 1. The van der Waals surface area contributed by atoms with E-state index in [-0.39, 0.29) is 17.6 Å². The van der Waals surface area contributed by atoms with Crippen LogP contribution < -0.4 is 10.6 Å². The van der Waals surface area contributed by atoms with Crippen molar-refractivity contribution in [2.75, 3.05) is 7.05 Å². The van der Waals surface area contributed by atoms with Crippen molar-refractivity contribution in [3.05, 3.63) is 58.9 Å². The lowest BCUT2D eigenvalue weighted by Crippen LogP contribution is -2.23. The molecule has 0 aliphatic heterocycles. The van der Waals surface area contributed by atoms with E-state index in [0.717, 1.165) is 5.56 Å². The predicted molar refractivity (Wildman–Crippen MR) is 81.8 cm³/mol. The van der Waals surface area contributed by atoms with Gasteiger partial charge < -0.3 is 15.6 Å². The Morgan fingerprint density at radius 2 is 1.73 bits per heavy atom. The van der Waals surface area contributed by atoms with Gasteiger partial charge in [-0.3, -0.25) is 14.4 Å². The average Bonchev–Trinajstić information content (AvgIpc) is 3.02. The monoisotopic (exact) mass is 299 g/mol. The number of H-pyrrole nitrogens is 1. The van der Waals surface area contributed by atoms with Crippen LogP contribution in [0.2, 0.25) is 0 Å². The summed E-state index contributed by atoms with van der Waals surface area (Å²) in [6.07, 6.45) is 1.51. The molecular weight excluding hydrogens is 282 g/mol. The fraction of sp³-hybridized carbons (Fsp3) is 0.188. The molecule has 0 aliphatic rings. The first-order valence-corrected chi connectivity index (χ1v) is 6.80. The molecule has 2 aromatic rings. The molecule has 1 aromatic carbocycles. The summed E-state index contributed by atoms with van der Waals surface area (Å²) in [5, 5.41) is 5.29. The smallest absolute Gasteiger partial charge is 0.267 e. The van der Waals surface area contributed by atoms with Gasteiger partial charge in [0.2, 0.25) is 0 Å². The van der Waals surface area contributed by atoms with Crippen molar-refractivity contribution in [1.29, 1.82) is 0 Å². The van der Waals surface area contributed by atoms with Crippen LogP contribution in [0.4, 0.5) is 0 Å². The van der Waals surface area contributed by atoms with Crippen molar-refractivity contribution in [2.45, 2.75) is 13.5 Å². The van der Waals surface area contributed by atoms with Crippen LogP contribution in [0.15, 0.2) is 36.5 Å². The number of hydrogen-bond donors (Lipinski definition) is 3. The molecule has 3 N–H and O–H groups in total. The second-order valence-corrected chi connectivity index (χ2v) is 4.82. The molecule has 1 heterocycles. The molecule has 0 fully saturated rings. The molecule has 22 heavy (non-hydrogen) atoms. The Morgan fingerprint density at radius 1 is 1.05 bits per heavy atom. The highest BCUT2D eigenvalue weighted by Crippen LogP contribution is 2.06. The Kier molecular flexibility index (Phi) is 4.73. The summed E-state index contributed by atoms with van der Waals surface area (Å²) in [7, 11) is 1.57. The Bertz CT molecular complexity index is 702. The fourth-order valence-corrected chi connectivity index (χ4v) is 1.92. The maximum Gasteiger partial charge on any atom is 0.267 e. The van der Waals surface area contributed by atoms with E-state index in [0.29, 0.717) is 23.4 Å². The molecule has 0 saturated heterocycles. The van der Waals surface area contributed by atoms with E-state index < -0.39 is 0 Å². The Morgan fingerprint density at radius 3 is 2.27 bits per heavy atom. The van der Waals surface area contributed by atoms with E-state index in [1.165, 1.54) is 19.2 Å². The number of benzene rings is 1. The molecule has 0 atom stereocenters. The lowest BCUT2D eigenvalue weighted by atomic mass is 10.1. The zero-order valence-electron chi connectivity index (χ0n) is 12.4. The number of carbonyl (C=O) groups excluding carboxylic acids is 3. The van der Waals surface area contributed by atoms with Crippen molar-refractivity contribution in [3.63, 3.8) is 0 Å². The molecule has 6 nitrogen and oxygen atoms in total. The van der Waals surface area contributed by atoms with Gasteiger partial charge in [0.05, 0.1) is 0 Å². The van der Waals surface area contributed by atoms with Crippen LogP contribution in [0.1, 0.15) is 43.7 Å². The van der Waals surface area contributed by atoms with Crippen LogP contribution in [-0.4, -0.2) is 29.6 Å². The topological polar surface area (TPSA) is 91.1 Å². The van der Waals surface area contributed by atoms with E-state index in [4.69, 9.17) is 0 Å². The maximum absolute atomic E-state index is 12.0. The Labute approximate surface area is 127 Å². The van der Waals surface area contributed by atoms with Crippen LogP contribution >= 0.6 is 0 Å². The highest BCUT2D eigenvalue weighted by molar-refractivity contribution is 5.99. The van der Waals surface area contributed by atoms with Crippen LogP contribution in [0.5, 0.6) is 0 Å². The van der Waals surface area contributed by atoms with E-state index in [9.17, 15) is 14.4 Å². The lowest BCUT2D eigenvalue weighted by molar-refractivity contribution is 0.0942. The summed E-state index contributed by atoms with van der Waals surface area (Å²) in [6.45, 7) is 1.78. The van der Waals surface area contributed by atoms with Gasteiger partial charge in [-0.1, -0.05) is 12.1 Å². The predicted octanol–water partition coefficient (Wildman–Crippen LogP) is 1.51. The number of aromatic amines is 1. The van der Waals surface area contributed by atoms with Crippen LogP contribution in [-0.2, 0) is 6.54 Å². The average molecular weight is 299 g/mol. The second-order valence-electron chi connectivity index (χ2n) is 4.82. The third-order valence-corrected chi connectivity index (χ3v) is 3.23. The first-order valence-electron chi connectivity index (χ1n) is 6.80. The molecule has 2 rings (SSSR count). The van der Waals surface area contributed by atoms with Crippen molar-refractivity contribution in [3.8, 4) is 0 Å². The van der Waals surface area contributed by atoms with Crippen LogP contribution in [0, 0.1) is 0 Å². The first-order chi connectivity index (χ1) is 10.5. The number of amides is 2. The summed E-state index contributed by atoms with van der Waals surface area (Å²) in [4.78, 5) is 37.3. The summed E-state index contributed by atoms with van der Waals surface area (Å²) in [5.74, 6) is -0.540. The summed E-state index contributed by atoms with van der Waals surface area (Å²) >= 11 is 0. The second kappa shape index (κ2) is 6.71. The van der Waals surface area contributed by atoms with E-state index >= 15 is 0 Å². The molecule has 0 radical (unpaired) electrons. The van der Waals surface area contributed by atoms with E-state index in [1.807, 2.05) is 0 Å². The number of rotatable bonds is 5. The molecule has 6 heteroatoms.